The van der Waals surface area contributed by atoms with Gasteiger partial charge in [-0.15, -0.1) is 0 Å². The van der Waals surface area contributed by atoms with Crippen molar-refractivity contribution in [1.29, 1.82) is 0 Å². The van der Waals surface area contributed by atoms with E-state index in [1.807, 2.05) is 26.8 Å². The van der Waals surface area contributed by atoms with Gasteiger partial charge in [-0.25, -0.2) is 4.39 Å². The maximum atomic E-state index is 13.6. The van der Waals surface area contributed by atoms with Crippen molar-refractivity contribution in [3.05, 3.63) is 29.6 Å². The summed E-state index contributed by atoms with van der Waals surface area (Å²) in [7, 11) is 1.47. The Bertz CT molecular complexity index is 382. The monoisotopic (exact) mass is 269 g/mol. The molecule has 1 N–H and O–H groups in total. The van der Waals surface area contributed by atoms with Gasteiger partial charge >= 0.3 is 0 Å². The lowest BCUT2D eigenvalue weighted by atomic mass is 10.1. The lowest BCUT2D eigenvalue weighted by molar-refractivity contribution is 0.0768. The van der Waals surface area contributed by atoms with Crippen LogP contribution >= 0.6 is 0 Å². The summed E-state index contributed by atoms with van der Waals surface area (Å²) in [5, 5.41) is 3.35. The molecule has 1 atom stereocenters. The Balaban J connectivity index is 2.37. The fourth-order valence-corrected chi connectivity index (χ4v) is 1.78. The molecule has 0 aliphatic heterocycles. The summed E-state index contributed by atoms with van der Waals surface area (Å²) in [4.78, 5) is 0. The molecule has 19 heavy (non-hydrogen) atoms. The van der Waals surface area contributed by atoms with E-state index >= 15 is 0 Å². The first-order valence-electron chi connectivity index (χ1n) is 6.73. The van der Waals surface area contributed by atoms with Crippen molar-refractivity contribution in [1.82, 2.24) is 5.32 Å². The zero-order valence-corrected chi connectivity index (χ0v) is 12.2. The topological polar surface area (TPSA) is 30.5 Å². The Morgan fingerprint density at radius 2 is 2.00 bits per heavy atom. The van der Waals surface area contributed by atoms with Crippen LogP contribution in [0.4, 0.5) is 4.39 Å². The second kappa shape index (κ2) is 8.12. The number of methoxy groups -OCH3 is 1. The Hall–Kier alpha value is -1.13. The lowest BCUT2D eigenvalue weighted by Crippen LogP contribution is -2.21. The first kappa shape index (κ1) is 15.9. The zero-order valence-electron chi connectivity index (χ0n) is 12.2. The number of benzene rings is 1. The Morgan fingerprint density at radius 1 is 1.26 bits per heavy atom. The van der Waals surface area contributed by atoms with E-state index in [1.165, 1.54) is 13.2 Å². The van der Waals surface area contributed by atoms with Crippen LogP contribution in [0.5, 0.6) is 5.75 Å². The summed E-state index contributed by atoms with van der Waals surface area (Å²) >= 11 is 0. The minimum absolute atomic E-state index is 0.111. The van der Waals surface area contributed by atoms with Crippen molar-refractivity contribution < 1.29 is 13.9 Å². The van der Waals surface area contributed by atoms with Gasteiger partial charge in [-0.05, 0) is 51.4 Å². The minimum Gasteiger partial charge on any atom is -0.494 e. The summed E-state index contributed by atoms with van der Waals surface area (Å²) in [5.41, 5.74) is 0.920. The molecule has 108 valence electrons. The van der Waals surface area contributed by atoms with Gasteiger partial charge in [0.1, 0.15) is 0 Å². The molecule has 0 amide bonds. The quantitative estimate of drug-likeness (QED) is 0.735. The van der Waals surface area contributed by atoms with Crippen molar-refractivity contribution in [2.24, 2.45) is 0 Å². The molecular formula is C15H24FNO2. The van der Waals surface area contributed by atoms with Crippen LogP contribution in [0, 0.1) is 5.82 Å². The normalized spacial score (nSPS) is 12.7. The predicted octanol–water partition coefficient (Wildman–Crippen LogP) is 3.30. The highest BCUT2D eigenvalue weighted by molar-refractivity contribution is 5.30. The van der Waals surface area contributed by atoms with Gasteiger partial charge in [-0.1, -0.05) is 6.07 Å². The molecule has 0 spiro atoms. The van der Waals surface area contributed by atoms with E-state index < -0.39 is 0 Å². The average Bonchev–Trinajstić information content (AvgIpc) is 2.37. The fourth-order valence-electron chi connectivity index (χ4n) is 1.78. The highest BCUT2D eigenvalue weighted by Gasteiger charge is 2.08. The van der Waals surface area contributed by atoms with Crippen LogP contribution in [0.2, 0.25) is 0 Å². The molecule has 1 aromatic rings. The first-order valence-corrected chi connectivity index (χ1v) is 6.73. The summed E-state index contributed by atoms with van der Waals surface area (Å²) in [6.07, 6.45) is 1.22. The van der Waals surface area contributed by atoms with Gasteiger partial charge in [0, 0.05) is 12.6 Å². The van der Waals surface area contributed by atoms with Crippen LogP contribution in [0.25, 0.3) is 0 Å². The standard InChI is InChI=1S/C15H24FNO2/c1-11(2)19-9-5-8-17-12(3)13-6-7-15(18-4)14(16)10-13/h6-7,10-12,17H,5,8-9H2,1-4H3. The summed E-state index contributed by atoms with van der Waals surface area (Å²) in [6.45, 7) is 7.66. The largest absolute Gasteiger partial charge is 0.494 e. The number of ether oxygens (including phenoxy) is 2. The molecular weight excluding hydrogens is 245 g/mol. The van der Waals surface area contributed by atoms with Gasteiger partial charge in [0.15, 0.2) is 11.6 Å². The third-order valence-corrected chi connectivity index (χ3v) is 2.90. The van der Waals surface area contributed by atoms with Crippen molar-refractivity contribution in [3.63, 3.8) is 0 Å². The van der Waals surface area contributed by atoms with Gasteiger partial charge in [0.25, 0.3) is 0 Å². The maximum absolute atomic E-state index is 13.6. The summed E-state index contributed by atoms with van der Waals surface area (Å²) < 4.78 is 23.9. The molecule has 3 nitrogen and oxygen atoms in total. The molecule has 0 fully saturated rings. The maximum Gasteiger partial charge on any atom is 0.165 e. The van der Waals surface area contributed by atoms with Gasteiger partial charge < -0.3 is 14.8 Å². The van der Waals surface area contributed by atoms with E-state index in [9.17, 15) is 4.39 Å². The van der Waals surface area contributed by atoms with Gasteiger partial charge in [-0.3, -0.25) is 0 Å². The van der Waals surface area contributed by atoms with Crippen molar-refractivity contribution in [2.75, 3.05) is 20.3 Å². The molecule has 0 bridgehead atoms. The summed E-state index contributed by atoms with van der Waals surface area (Å²) in [6, 6.07) is 5.16. The Morgan fingerprint density at radius 3 is 2.58 bits per heavy atom. The minimum atomic E-state index is -0.322. The van der Waals surface area contributed by atoms with E-state index in [-0.39, 0.29) is 23.7 Å². The molecule has 1 aromatic carbocycles. The van der Waals surface area contributed by atoms with Gasteiger partial charge in [-0.2, -0.15) is 0 Å². The molecule has 0 saturated carbocycles. The van der Waals surface area contributed by atoms with Crippen LogP contribution in [0.15, 0.2) is 18.2 Å². The highest BCUT2D eigenvalue weighted by Crippen LogP contribution is 2.21. The predicted molar refractivity (Wildman–Crippen MR) is 75.1 cm³/mol. The van der Waals surface area contributed by atoms with Crippen LogP contribution in [0.1, 0.15) is 38.8 Å². The molecule has 4 heteroatoms. The SMILES string of the molecule is COc1ccc(C(C)NCCCOC(C)C)cc1F. The van der Waals surface area contributed by atoms with Gasteiger partial charge in [0.05, 0.1) is 13.2 Å². The lowest BCUT2D eigenvalue weighted by Gasteiger charge is -2.15. The third kappa shape index (κ3) is 5.57. The Labute approximate surface area is 115 Å². The van der Waals surface area contributed by atoms with E-state index in [0.29, 0.717) is 0 Å². The number of nitrogens with one attached hydrogen (secondary N) is 1. The average molecular weight is 269 g/mol. The van der Waals surface area contributed by atoms with Crippen molar-refractivity contribution >= 4 is 0 Å². The van der Waals surface area contributed by atoms with E-state index in [2.05, 4.69) is 5.32 Å². The van der Waals surface area contributed by atoms with E-state index in [0.717, 1.165) is 25.1 Å². The third-order valence-electron chi connectivity index (χ3n) is 2.90. The second-order valence-corrected chi connectivity index (χ2v) is 4.84. The smallest absolute Gasteiger partial charge is 0.165 e. The zero-order chi connectivity index (χ0) is 14.3. The summed E-state index contributed by atoms with van der Waals surface area (Å²) in [5.74, 6) is -0.0434. The molecule has 0 aromatic heterocycles. The fraction of sp³-hybridized carbons (Fsp3) is 0.600. The molecule has 0 radical (unpaired) electrons. The molecule has 0 heterocycles. The molecule has 0 aliphatic carbocycles. The molecule has 1 unspecified atom stereocenters. The molecule has 0 aliphatic rings. The number of rotatable bonds is 8. The number of hydrogen-bond donors (Lipinski definition) is 1. The van der Waals surface area contributed by atoms with Crippen LogP contribution < -0.4 is 10.1 Å². The highest BCUT2D eigenvalue weighted by atomic mass is 19.1. The second-order valence-electron chi connectivity index (χ2n) is 4.84. The number of hydrogen-bond acceptors (Lipinski definition) is 3. The van der Waals surface area contributed by atoms with Gasteiger partial charge in [0.2, 0.25) is 0 Å². The van der Waals surface area contributed by atoms with Crippen LogP contribution in [-0.4, -0.2) is 26.4 Å². The van der Waals surface area contributed by atoms with Crippen LogP contribution in [-0.2, 0) is 4.74 Å². The van der Waals surface area contributed by atoms with E-state index in [1.54, 1.807) is 6.07 Å². The van der Waals surface area contributed by atoms with Crippen molar-refractivity contribution in [2.45, 2.75) is 39.3 Å². The molecule has 1 rings (SSSR count). The first-order chi connectivity index (χ1) is 9.04. The molecule has 0 saturated heterocycles. The van der Waals surface area contributed by atoms with Crippen molar-refractivity contribution in [3.8, 4) is 5.75 Å². The van der Waals surface area contributed by atoms with E-state index in [4.69, 9.17) is 9.47 Å². The Kier molecular flexibility index (Phi) is 6.81. The number of halogens is 1. The van der Waals surface area contributed by atoms with Crippen LogP contribution in [0.3, 0.4) is 0 Å².